The summed E-state index contributed by atoms with van der Waals surface area (Å²) in [6, 6.07) is 97.5. The van der Waals surface area contributed by atoms with E-state index in [0.29, 0.717) is 22.6 Å². The van der Waals surface area contributed by atoms with Gasteiger partial charge in [0.25, 0.3) is 0 Å². The van der Waals surface area contributed by atoms with E-state index >= 15 is 0 Å². The first-order valence-electron chi connectivity index (χ1n) is 28.2. The van der Waals surface area contributed by atoms with Crippen LogP contribution in [0.25, 0.3) is 45.0 Å². The summed E-state index contributed by atoms with van der Waals surface area (Å²) in [5.41, 5.74) is 8.82. The van der Waals surface area contributed by atoms with Gasteiger partial charge >= 0.3 is 46.2 Å². The Morgan fingerprint density at radius 2 is 0.707 bits per heavy atom. The van der Waals surface area contributed by atoms with Crippen molar-refractivity contribution in [3.8, 4) is 56.5 Å². The molecule has 6 aromatic carbocycles. The number of hydrogen-bond acceptors (Lipinski definition) is 11. The van der Waals surface area contributed by atoms with Gasteiger partial charge in [-0.25, -0.2) is 4.79 Å². The van der Waals surface area contributed by atoms with E-state index in [1.807, 2.05) is 206 Å². The number of esters is 1. The predicted molar refractivity (Wildman–Crippen MR) is 361 cm³/mol. The molecular weight excluding hydrogens is 1520 g/mol. The Morgan fingerprint density at radius 1 is 0.413 bits per heavy atom. The largest absolute Gasteiger partial charge is 3.00 e. The standard InChI is InChI=1S/4C11H8N.C10H9O2.C6H5O.2C5H5N.C4H5ClO.C4H8O.2Ir/c4*1-2-6-10(7-3-1)11-8-4-5-9-12-11;1-8(2)10(11)12-9-6-4-3-5-7-9;7-6-4-2-1-3-5-6;2*1-2-4-6-5-3-1;1-3(2)4(5)6;1-2-4-5-3-1;;/h4*1-6,8-9H;4-7H,1H2,2H3;2-5,7H;2*1-5H;1H2,2H3;1-4H2;;/q6*-1;;;;;2*+3. The average molecular weight is 1590 g/mol. The van der Waals surface area contributed by atoms with Gasteiger partial charge in [0, 0.05) is 85.4 Å². The van der Waals surface area contributed by atoms with Gasteiger partial charge in [0.1, 0.15) is 0 Å². The monoisotopic (exact) mass is 1590 g/mol. The minimum Gasteiger partial charge on any atom is -0.533 e. The number of phenolic OH excluding ortho intramolecular Hbond substituents is 1. The fourth-order valence-electron chi connectivity index (χ4n) is 6.45. The van der Waals surface area contributed by atoms with Crippen LogP contribution in [0.1, 0.15) is 26.7 Å². The molecule has 14 heteroatoms. The van der Waals surface area contributed by atoms with Crippen LogP contribution in [0.3, 0.4) is 0 Å². The molecule has 1 aliphatic heterocycles. The van der Waals surface area contributed by atoms with Gasteiger partial charge in [0.15, 0.2) is 0 Å². The van der Waals surface area contributed by atoms with Crippen molar-refractivity contribution >= 4 is 22.8 Å². The van der Waals surface area contributed by atoms with E-state index in [2.05, 4.69) is 79.5 Å². The molecule has 6 aromatic heterocycles. The Kier molecular flexibility index (Phi) is 44.3. The number of carbonyl (C=O) groups excluding carboxylic acids is 2. The molecule has 0 amide bonds. The number of nitrogens with zero attached hydrogens (tertiary/aromatic N) is 6. The maximum Gasteiger partial charge on any atom is 3.00 e. The van der Waals surface area contributed by atoms with Crippen LogP contribution in [0.5, 0.6) is 11.5 Å². The quantitative estimate of drug-likeness (QED) is 0.0534. The summed E-state index contributed by atoms with van der Waals surface area (Å²) in [6.45, 7) is 11.9. The van der Waals surface area contributed by atoms with Crippen molar-refractivity contribution in [3.05, 3.63) is 365 Å². The molecule has 0 atom stereocenters. The van der Waals surface area contributed by atoms with Crippen LogP contribution >= 0.6 is 11.6 Å². The molecule has 11 nitrogen and oxygen atoms in total. The van der Waals surface area contributed by atoms with E-state index in [1.165, 1.54) is 12.8 Å². The van der Waals surface area contributed by atoms with Gasteiger partial charge in [-0.15, -0.1) is 168 Å². The zero-order chi connectivity index (χ0) is 64.2. The number of ether oxygens (including phenoxy) is 2. The first-order chi connectivity index (χ1) is 44.1. The second kappa shape index (κ2) is 52.0. The molecule has 1 aliphatic rings. The second-order valence-corrected chi connectivity index (χ2v) is 18.4. The molecule has 1 saturated heterocycles. The number of benzene rings is 6. The zero-order valence-corrected chi connectivity index (χ0v) is 56.5. The van der Waals surface area contributed by atoms with E-state index in [4.69, 9.17) is 26.2 Å². The van der Waals surface area contributed by atoms with E-state index in [-0.39, 0.29) is 40.2 Å². The van der Waals surface area contributed by atoms with Crippen molar-refractivity contribution in [2.24, 2.45) is 0 Å². The summed E-state index contributed by atoms with van der Waals surface area (Å²) in [6.07, 6.45) is 16.7. The van der Waals surface area contributed by atoms with Gasteiger partial charge < -0.3 is 34.5 Å². The van der Waals surface area contributed by atoms with Gasteiger partial charge in [-0.2, -0.15) is 36.4 Å². The van der Waals surface area contributed by atoms with Gasteiger partial charge in [-0.1, -0.05) is 73.8 Å². The normalized spacial score (nSPS) is 9.73. The van der Waals surface area contributed by atoms with E-state index < -0.39 is 11.2 Å². The topological polar surface area (TPSA) is 150 Å². The van der Waals surface area contributed by atoms with Crippen LogP contribution in [0, 0.1) is 36.4 Å². The number of phenols is 1. The summed E-state index contributed by atoms with van der Waals surface area (Å²) in [4.78, 5) is 45.2. The van der Waals surface area contributed by atoms with Crippen molar-refractivity contribution in [2.45, 2.75) is 26.7 Å². The molecule has 0 aliphatic carbocycles. The van der Waals surface area contributed by atoms with Crippen molar-refractivity contribution in [3.63, 3.8) is 0 Å². The van der Waals surface area contributed by atoms with Crippen molar-refractivity contribution in [2.75, 3.05) is 13.2 Å². The molecule has 0 unspecified atom stereocenters. The van der Waals surface area contributed by atoms with Crippen LogP contribution in [0.2, 0.25) is 0 Å². The SMILES string of the molecule is C1CCOC1.C=C(C)C(=O)Cl.C=C(C)C(=O)Oc1cc[c-]cc1.Oc1cc[c-]cc1.[Ir+3].[Ir+3].[c-]1ccccc1-c1ccccn1.[c-]1ccccc1-c1ccccn1.[c-]1ccccc1-c1ccccn1.[c-]1ccccc1-c1ccccn1.c1ccncc1.c1ccncc1. The number of aromatic hydroxyl groups is 1. The molecule has 0 radical (unpaired) electrons. The molecule has 1 N–H and O–H groups in total. The summed E-state index contributed by atoms with van der Waals surface area (Å²) < 4.78 is 9.86. The molecule has 1 fully saturated rings. The Bertz CT molecular complexity index is 3130. The minimum atomic E-state index is -0.463. The Morgan fingerprint density at radius 3 is 0.891 bits per heavy atom. The second-order valence-electron chi connectivity index (χ2n) is 18.1. The number of rotatable bonds is 7. The van der Waals surface area contributed by atoms with E-state index in [0.717, 1.165) is 58.2 Å². The van der Waals surface area contributed by atoms with Gasteiger partial charge in [-0.05, 0) is 110 Å². The van der Waals surface area contributed by atoms with Crippen LogP contribution in [-0.4, -0.2) is 59.4 Å². The number of carbonyl (C=O) groups is 2. The summed E-state index contributed by atoms with van der Waals surface area (Å²) in [5, 5.41) is 8.15. The Hall–Kier alpha value is -9.81. The summed E-state index contributed by atoms with van der Waals surface area (Å²) in [7, 11) is 0. The molecule has 92 heavy (non-hydrogen) atoms. The van der Waals surface area contributed by atoms with Crippen molar-refractivity contribution in [1.29, 1.82) is 0 Å². The Labute approximate surface area is 574 Å². The van der Waals surface area contributed by atoms with Gasteiger partial charge in [0.2, 0.25) is 5.24 Å². The number of halogens is 1. The third-order valence-electron chi connectivity index (χ3n) is 10.8. The van der Waals surface area contributed by atoms with Gasteiger partial charge in [0.05, 0.1) is 0 Å². The maximum atomic E-state index is 11.0. The molecule has 0 saturated carbocycles. The van der Waals surface area contributed by atoms with E-state index in [9.17, 15) is 9.59 Å². The third-order valence-corrected chi connectivity index (χ3v) is 11.2. The number of allylic oxidation sites excluding steroid dienone is 1. The van der Waals surface area contributed by atoms with Crippen LogP contribution in [-0.2, 0) is 54.5 Å². The van der Waals surface area contributed by atoms with E-state index in [1.54, 1.807) is 112 Å². The molecule has 0 bridgehead atoms. The fraction of sp³-hybridized carbons (Fsp3) is 0.0769. The number of hydrogen-bond donors (Lipinski definition) is 1. The Balaban J connectivity index is 0.000000353. The molecule has 12 aromatic rings. The zero-order valence-electron chi connectivity index (χ0n) is 50.9. The molecule has 7 heterocycles. The average Bonchev–Trinajstić information content (AvgIpc) is 3.86. The fourth-order valence-corrected chi connectivity index (χ4v) is 6.45. The number of pyridine rings is 6. The first kappa shape index (κ1) is 78.3. The minimum absolute atomic E-state index is 0. The van der Waals surface area contributed by atoms with Crippen LogP contribution < -0.4 is 4.74 Å². The third kappa shape index (κ3) is 37.9. The predicted octanol–water partition coefficient (Wildman–Crippen LogP) is 17.6. The summed E-state index contributed by atoms with van der Waals surface area (Å²) >= 11 is 4.87. The molecule has 13 rings (SSSR count). The van der Waals surface area contributed by atoms with Crippen molar-refractivity contribution < 1.29 is 64.4 Å². The molecule has 0 spiro atoms. The smallest absolute Gasteiger partial charge is 0.533 e. The van der Waals surface area contributed by atoms with Crippen LogP contribution in [0.15, 0.2) is 329 Å². The van der Waals surface area contributed by atoms with Gasteiger partial charge in [-0.3, -0.25) is 14.8 Å². The molecular formula is C78H69ClIr2N6O5. The number of aromatic nitrogens is 6. The molecule has 466 valence electrons. The first-order valence-corrected chi connectivity index (χ1v) is 28.6. The summed E-state index contributed by atoms with van der Waals surface area (Å²) in [5.74, 6) is 0.404. The maximum absolute atomic E-state index is 11.0. The van der Waals surface area contributed by atoms with Crippen molar-refractivity contribution in [1.82, 2.24) is 29.9 Å². The van der Waals surface area contributed by atoms with Crippen LogP contribution in [0.4, 0.5) is 0 Å².